The standard InChI is InChI=1S/C13H9F4N3O2S2/c14-8-5-9(15)11(17)12(10(8)16)20-13(23)19-6-1-3-7(4-2-6)24(18,21)22/h1-5H,(H2,18,21,22)(H2,19,20,23). The van der Waals surface area contributed by atoms with Gasteiger partial charge in [-0.05, 0) is 36.5 Å². The molecular weight excluding hydrogens is 370 g/mol. The van der Waals surface area contributed by atoms with Gasteiger partial charge < -0.3 is 10.6 Å². The summed E-state index contributed by atoms with van der Waals surface area (Å²) in [6.45, 7) is 0. The van der Waals surface area contributed by atoms with Gasteiger partial charge in [0.15, 0.2) is 28.4 Å². The van der Waals surface area contributed by atoms with Crippen LogP contribution in [0, 0.1) is 23.3 Å². The predicted octanol–water partition coefficient (Wildman–Crippen LogP) is 2.70. The number of primary sulfonamides is 1. The molecule has 0 atom stereocenters. The van der Waals surface area contributed by atoms with Crippen LogP contribution in [0.5, 0.6) is 0 Å². The summed E-state index contributed by atoms with van der Waals surface area (Å²) in [4.78, 5) is -0.156. The summed E-state index contributed by atoms with van der Waals surface area (Å²) in [6, 6.07) is 4.98. The van der Waals surface area contributed by atoms with E-state index in [1.54, 1.807) is 0 Å². The van der Waals surface area contributed by atoms with Gasteiger partial charge in [0.05, 0.1) is 4.90 Å². The Morgan fingerprint density at radius 3 is 1.92 bits per heavy atom. The Morgan fingerprint density at radius 2 is 1.46 bits per heavy atom. The number of nitrogens with one attached hydrogen (secondary N) is 2. The number of anilines is 2. The Kier molecular flexibility index (Phi) is 5.06. The van der Waals surface area contributed by atoms with Crippen molar-refractivity contribution in [1.82, 2.24) is 0 Å². The number of hydrogen-bond acceptors (Lipinski definition) is 3. The van der Waals surface area contributed by atoms with Gasteiger partial charge >= 0.3 is 0 Å². The van der Waals surface area contributed by atoms with Crippen molar-refractivity contribution >= 4 is 38.7 Å². The lowest BCUT2D eigenvalue weighted by Gasteiger charge is -2.13. The Balaban J connectivity index is 2.18. The zero-order valence-corrected chi connectivity index (χ0v) is 13.2. The molecule has 2 rings (SSSR count). The van der Waals surface area contributed by atoms with E-state index < -0.39 is 39.0 Å². The third kappa shape index (κ3) is 3.99. The highest BCUT2D eigenvalue weighted by Crippen LogP contribution is 2.24. The topological polar surface area (TPSA) is 84.2 Å². The first-order valence-electron chi connectivity index (χ1n) is 6.13. The van der Waals surface area contributed by atoms with Crippen LogP contribution >= 0.6 is 12.2 Å². The van der Waals surface area contributed by atoms with Crippen molar-refractivity contribution in [3.63, 3.8) is 0 Å². The monoisotopic (exact) mass is 379 g/mol. The largest absolute Gasteiger partial charge is 0.332 e. The minimum Gasteiger partial charge on any atom is -0.332 e. The Morgan fingerprint density at radius 1 is 0.958 bits per heavy atom. The molecule has 0 fully saturated rings. The quantitative estimate of drug-likeness (QED) is 0.434. The highest BCUT2D eigenvalue weighted by molar-refractivity contribution is 7.89. The maximum atomic E-state index is 13.5. The number of nitrogens with two attached hydrogens (primary N) is 1. The molecule has 0 aliphatic carbocycles. The van der Waals surface area contributed by atoms with Crippen LogP contribution in [0.2, 0.25) is 0 Å². The van der Waals surface area contributed by atoms with E-state index in [1.165, 1.54) is 24.3 Å². The van der Waals surface area contributed by atoms with Crippen LogP contribution in [0.4, 0.5) is 28.9 Å². The zero-order chi connectivity index (χ0) is 18.1. The number of sulfonamides is 1. The Labute approximate surface area is 139 Å². The minimum absolute atomic E-state index is 0.0678. The van der Waals surface area contributed by atoms with E-state index >= 15 is 0 Å². The number of thiocarbonyl (C=S) groups is 1. The molecule has 0 bridgehead atoms. The molecule has 0 spiro atoms. The lowest BCUT2D eigenvalue weighted by molar-refractivity contribution is 0.459. The highest BCUT2D eigenvalue weighted by Gasteiger charge is 2.20. The molecule has 0 aliphatic rings. The fourth-order valence-electron chi connectivity index (χ4n) is 1.69. The van der Waals surface area contributed by atoms with E-state index in [-0.39, 0.29) is 21.8 Å². The molecule has 0 aromatic heterocycles. The molecule has 11 heteroatoms. The number of benzene rings is 2. The van der Waals surface area contributed by atoms with E-state index in [0.29, 0.717) is 0 Å². The van der Waals surface area contributed by atoms with Crippen molar-refractivity contribution in [2.24, 2.45) is 5.14 Å². The van der Waals surface area contributed by atoms with Gasteiger partial charge in [-0.25, -0.2) is 31.1 Å². The third-order valence-electron chi connectivity index (χ3n) is 2.79. The SMILES string of the molecule is NS(=O)(=O)c1ccc(NC(=S)Nc2c(F)c(F)cc(F)c2F)cc1. The normalized spacial score (nSPS) is 11.2. The van der Waals surface area contributed by atoms with Gasteiger partial charge in [0.1, 0.15) is 5.69 Å². The average Bonchev–Trinajstić information content (AvgIpc) is 2.49. The molecule has 2 aromatic carbocycles. The summed E-state index contributed by atoms with van der Waals surface area (Å²) >= 11 is 4.79. The van der Waals surface area contributed by atoms with Crippen molar-refractivity contribution in [3.8, 4) is 0 Å². The van der Waals surface area contributed by atoms with Gasteiger partial charge in [-0.1, -0.05) is 0 Å². The van der Waals surface area contributed by atoms with Gasteiger partial charge in [-0.3, -0.25) is 0 Å². The lowest BCUT2D eigenvalue weighted by atomic mass is 10.2. The van der Waals surface area contributed by atoms with Crippen LogP contribution in [0.15, 0.2) is 35.2 Å². The van der Waals surface area contributed by atoms with Gasteiger partial charge in [0.25, 0.3) is 0 Å². The van der Waals surface area contributed by atoms with E-state index in [2.05, 4.69) is 5.32 Å². The Bertz CT molecular complexity index is 876. The molecule has 2 aromatic rings. The third-order valence-corrected chi connectivity index (χ3v) is 3.92. The summed E-state index contributed by atoms with van der Waals surface area (Å²) in [5.41, 5.74) is -0.844. The van der Waals surface area contributed by atoms with Gasteiger partial charge in [0.2, 0.25) is 10.0 Å². The van der Waals surface area contributed by atoms with Gasteiger partial charge in [0, 0.05) is 11.8 Å². The molecule has 0 heterocycles. The molecule has 0 radical (unpaired) electrons. The number of hydrogen-bond donors (Lipinski definition) is 3. The van der Waals surface area contributed by atoms with Gasteiger partial charge in [-0.15, -0.1) is 0 Å². The Hall–Kier alpha value is -2.24. The molecule has 0 unspecified atom stereocenters. The summed E-state index contributed by atoms with van der Waals surface area (Å²) in [5, 5.41) is 9.03. The van der Waals surface area contributed by atoms with Crippen molar-refractivity contribution in [3.05, 3.63) is 53.6 Å². The fourth-order valence-corrected chi connectivity index (χ4v) is 2.42. The van der Waals surface area contributed by atoms with Crippen LogP contribution in [-0.4, -0.2) is 13.5 Å². The zero-order valence-electron chi connectivity index (χ0n) is 11.6. The number of halogens is 4. The molecular formula is C13H9F4N3O2S2. The van der Waals surface area contributed by atoms with Gasteiger partial charge in [-0.2, -0.15) is 0 Å². The molecule has 0 saturated heterocycles. The maximum absolute atomic E-state index is 13.5. The first-order valence-corrected chi connectivity index (χ1v) is 8.09. The van der Waals surface area contributed by atoms with E-state index in [0.717, 1.165) is 0 Å². The molecule has 0 saturated carbocycles. The molecule has 0 amide bonds. The molecule has 4 N–H and O–H groups in total. The first kappa shape index (κ1) is 18.1. The van der Waals surface area contributed by atoms with E-state index in [9.17, 15) is 26.0 Å². The molecule has 5 nitrogen and oxygen atoms in total. The van der Waals surface area contributed by atoms with E-state index in [1.807, 2.05) is 5.32 Å². The second-order valence-corrected chi connectivity index (χ2v) is 6.46. The lowest BCUT2D eigenvalue weighted by Crippen LogP contribution is -2.21. The predicted molar refractivity (Wildman–Crippen MR) is 83.9 cm³/mol. The van der Waals surface area contributed by atoms with E-state index in [4.69, 9.17) is 17.4 Å². The van der Waals surface area contributed by atoms with Crippen LogP contribution in [-0.2, 0) is 10.0 Å². The number of rotatable bonds is 3. The smallest absolute Gasteiger partial charge is 0.238 e. The average molecular weight is 379 g/mol. The maximum Gasteiger partial charge on any atom is 0.238 e. The summed E-state index contributed by atoms with van der Waals surface area (Å²) in [6.07, 6.45) is 0. The summed E-state index contributed by atoms with van der Waals surface area (Å²) in [7, 11) is -3.88. The summed E-state index contributed by atoms with van der Waals surface area (Å²) < 4.78 is 75.4. The highest BCUT2D eigenvalue weighted by atomic mass is 32.2. The summed E-state index contributed by atoms with van der Waals surface area (Å²) in [5.74, 6) is -6.45. The molecule has 0 aliphatic heterocycles. The van der Waals surface area contributed by atoms with Crippen LogP contribution in [0.1, 0.15) is 0 Å². The fraction of sp³-hybridized carbons (Fsp3) is 0. The van der Waals surface area contributed by atoms with Crippen molar-refractivity contribution in [1.29, 1.82) is 0 Å². The second kappa shape index (κ2) is 6.71. The van der Waals surface area contributed by atoms with Crippen molar-refractivity contribution in [2.45, 2.75) is 4.90 Å². The molecule has 24 heavy (non-hydrogen) atoms. The van der Waals surface area contributed by atoms with Crippen LogP contribution in [0.3, 0.4) is 0 Å². The van der Waals surface area contributed by atoms with Crippen LogP contribution in [0.25, 0.3) is 0 Å². The van der Waals surface area contributed by atoms with Crippen molar-refractivity contribution < 1.29 is 26.0 Å². The van der Waals surface area contributed by atoms with Crippen LogP contribution < -0.4 is 15.8 Å². The van der Waals surface area contributed by atoms with Crippen molar-refractivity contribution in [2.75, 3.05) is 10.6 Å². The first-order chi connectivity index (χ1) is 11.1. The molecule has 128 valence electrons. The minimum atomic E-state index is -3.88. The second-order valence-electron chi connectivity index (χ2n) is 4.49.